The fraction of sp³-hybridized carbons (Fsp3) is 0.278. The first-order valence-electron chi connectivity index (χ1n) is 7.97. The van der Waals surface area contributed by atoms with Crippen molar-refractivity contribution in [1.82, 2.24) is 9.78 Å². The normalized spacial score (nSPS) is 15.2. The van der Waals surface area contributed by atoms with Crippen molar-refractivity contribution in [3.8, 4) is 5.69 Å². The van der Waals surface area contributed by atoms with Gasteiger partial charge < -0.3 is 5.32 Å². The average Bonchev–Trinajstić information content (AvgIpc) is 2.97. The van der Waals surface area contributed by atoms with Gasteiger partial charge in [-0.3, -0.25) is 0 Å². The Bertz CT molecular complexity index is 860. The summed E-state index contributed by atoms with van der Waals surface area (Å²) in [6.07, 6.45) is -2.63. The highest BCUT2D eigenvalue weighted by molar-refractivity contribution is 5.51. The third-order valence-electron chi connectivity index (χ3n) is 4.06. The number of rotatable bonds is 4. The van der Waals surface area contributed by atoms with Crippen molar-refractivity contribution in [3.63, 3.8) is 0 Å². The van der Waals surface area contributed by atoms with Crippen LogP contribution >= 0.6 is 0 Å². The maximum atomic E-state index is 13.7. The van der Waals surface area contributed by atoms with E-state index in [9.17, 15) is 22.0 Å². The maximum Gasteiger partial charge on any atom is 0.435 e. The van der Waals surface area contributed by atoms with Crippen molar-refractivity contribution < 1.29 is 22.0 Å². The van der Waals surface area contributed by atoms with Crippen molar-refractivity contribution in [3.05, 3.63) is 65.0 Å². The summed E-state index contributed by atoms with van der Waals surface area (Å²) in [5, 5.41) is 6.49. The van der Waals surface area contributed by atoms with Crippen LogP contribution in [0.1, 0.15) is 24.2 Å². The molecule has 1 aliphatic carbocycles. The first kappa shape index (κ1) is 18.2. The van der Waals surface area contributed by atoms with Gasteiger partial charge in [0.25, 0.3) is 0 Å². The summed E-state index contributed by atoms with van der Waals surface area (Å²) in [5.41, 5.74) is 0.433. The zero-order chi connectivity index (χ0) is 18.9. The van der Waals surface area contributed by atoms with E-state index in [1.54, 1.807) is 24.3 Å². The van der Waals surface area contributed by atoms with Crippen LogP contribution in [0.4, 0.5) is 27.6 Å². The summed E-state index contributed by atoms with van der Waals surface area (Å²) in [5.74, 6) is -1.04. The summed E-state index contributed by atoms with van der Waals surface area (Å²) in [4.78, 5) is 0. The lowest BCUT2D eigenvalue weighted by molar-refractivity contribution is -0.141. The third-order valence-corrected chi connectivity index (χ3v) is 4.06. The molecule has 8 heteroatoms. The molecule has 0 spiro atoms. The van der Waals surface area contributed by atoms with Crippen LogP contribution in [0.5, 0.6) is 0 Å². The summed E-state index contributed by atoms with van der Waals surface area (Å²) in [6.45, 7) is 1.52. The molecule has 0 aliphatic heterocycles. The van der Waals surface area contributed by atoms with Gasteiger partial charge in [0.05, 0.1) is 5.69 Å². The Hall–Kier alpha value is -2.64. The first-order chi connectivity index (χ1) is 12.3. The molecule has 0 atom stereocenters. The number of hydrogen-bond donors (Lipinski definition) is 1. The molecule has 3 rings (SSSR count). The average molecular weight is 369 g/mol. The lowest BCUT2D eigenvalue weighted by Gasteiger charge is -2.14. The fourth-order valence-electron chi connectivity index (χ4n) is 2.69. The second kappa shape index (κ2) is 6.93. The molecule has 0 radical (unpaired) electrons. The van der Waals surface area contributed by atoms with Crippen LogP contribution in [0.3, 0.4) is 0 Å². The summed E-state index contributed by atoms with van der Waals surface area (Å²) < 4.78 is 66.8. The highest BCUT2D eigenvalue weighted by Crippen LogP contribution is 2.30. The zero-order valence-corrected chi connectivity index (χ0v) is 13.9. The number of aryl methyl sites for hydroxylation is 1. The monoisotopic (exact) mass is 369 g/mol. The predicted octanol–water partition coefficient (Wildman–Crippen LogP) is 5.48. The molecule has 0 saturated carbocycles. The minimum atomic E-state index is -4.51. The number of hydrogen-bond acceptors (Lipinski definition) is 2. The largest absolute Gasteiger partial charge is 0.435 e. The molecule has 2 aromatic rings. The van der Waals surface area contributed by atoms with Crippen LogP contribution in [0.25, 0.3) is 5.69 Å². The van der Waals surface area contributed by atoms with Gasteiger partial charge in [-0.05, 0) is 49.8 Å². The van der Waals surface area contributed by atoms with Crippen LogP contribution in [-0.2, 0) is 6.18 Å². The van der Waals surface area contributed by atoms with Crippen molar-refractivity contribution in [2.45, 2.75) is 25.9 Å². The molecule has 3 nitrogen and oxygen atoms in total. The molecule has 1 N–H and O–H groups in total. The van der Waals surface area contributed by atoms with E-state index in [-0.39, 0.29) is 18.5 Å². The summed E-state index contributed by atoms with van der Waals surface area (Å²) >= 11 is 0. The van der Waals surface area contributed by atoms with E-state index in [1.165, 1.54) is 17.7 Å². The van der Waals surface area contributed by atoms with E-state index < -0.39 is 23.5 Å². The lowest BCUT2D eigenvalue weighted by atomic mass is 10.0. The second-order valence-corrected chi connectivity index (χ2v) is 5.96. The molecular formula is C18H16F5N3. The summed E-state index contributed by atoms with van der Waals surface area (Å²) in [7, 11) is 0. The van der Waals surface area contributed by atoms with Crippen molar-refractivity contribution in [2.24, 2.45) is 0 Å². The topological polar surface area (TPSA) is 29.9 Å². The lowest BCUT2D eigenvalue weighted by Crippen LogP contribution is -2.09. The van der Waals surface area contributed by atoms with E-state index >= 15 is 0 Å². The molecule has 1 aromatic heterocycles. The molecule has 26 heavy (non-hydrogen) atoms. The number of aromatic nitrogens is 2. The van der Waals surface area contributed by atoms with E-state index in [2.05, 4.69) is 10.4 Å². The minimum absolute atomic E-state index is 0.00179. The molecule has 0 saturated heterocycles. The van der Waals surface area contributed by atoms with Crippen molar-refractivity contribution >= 4 is 5.69 Å². The van der Waals surface area contributed by atoms with Gasteiger partial charge in [-0.25, -0.2) is 13.5 Å². The number of nitrogens with one attached hydrogen (secondary N) is 1. The minimum Gasteiger partial charge on any atom is -0.381 e. The molecule has 0 amide bonds. The highest BCUT2D eigenvalue weighted by Gasteiger charge is 2.34. The zero-order valence-electron chi connectivity index (χ0n) is 13.9. The van der Waals surface area contributed by atoms with Gasteiger partial charge in [0, 0.05) is 29.9 Å². The van der Waals surface area contributed by atoms with Crippen LogP contribution in [-0.4, -0.2) is 16.3 Å². The molecule has 1 aromatic carbocycles. The first-order valence-corrected chi connectivity index (χ1v) is 7.97. The molecule has 138 valence electrons. The van der Waals surface area contributed by atoms with E-state index in [0.717, 1.165) is 6.07 Å². The standard InChI is InChI=1S/C18H16F5N3/c1-11-9-17(18(21,22)23)25-26(11)13-7-5-12(6-8-13)24-10-14-15(19)3-2-4-16(14)20/h3,5-9,24H,2,4,10H2,1H3. The number of anilines is 1. The molecule has 0 unspecified atom stereocenters. The van der Waals surface area contributed by atoms with Gasteiger partial charge >= 0.3 is 6.18 Å². The van der Waals surface area contributed by atoms with Crippen molar-refractivity contribution in [2.75, 3.05) is 11.9 Å². The van der Waals surface area contributed by atoms with Crippen LogP contribution < -0.4 is 5.32 Å². The van der Waals surface area contributed by atoms with Crippen molar-refractivity contribution in [1.29, 1.82) is 0 Å². The third kappa shape index (κ3) is 3.79. The van der Waals surface area contributed by atoms with E-state index in [4.69, 9.17) is 0 Å². The Labute approximate surface area is 146 Å². The van der Waals surface area contributed by atoms with E-state index in [1.807, 2.05) is 0 Å². The van der Waals surface area contributed by atoms with Gasteiger partial charge in [-0.1, -0.05) is 0 Å². The van der Waals surface area contributed by atoms with Gasteiger partial charge in [0.1, 0.15) is 11.7 Å². The highest BCUT2D eigenvalue weighted by atomic mass is 19.4. The summed E-state index contributed by atoms with van der Waals surface area (Å²) in [6, 6.07) is 7.37. The molecular weight excluding hydrogens is 353 g/mol. The number of allylic oxidation sites excluding steroid dienone is 2. The maximum absolute atomic E-state index is 13.7. The van der Waals surface area contributed by atoms with Gasteiger partial charge in [-0.15, -0.1) is 0 Å². The Kier molecular flexibility index (Phi) is 4.84. The SMILES string of the molecule is Cc1cc(C(F)(F)F)nn1-c1ccc(NCC2=C(F)CCC=C2F)cc1. The van der Waals surface area contributed by atoms with Gasteiger partial charge in [-0.2, -0.15) is 18.3 Å². The van der Waals surface area contributed by atoms with Crippen LogP contribution in [0.2, 0.25) is 0 Å². The Morgan fingerprint density at radius 3 is 2.42 bits per heavy atom. The number of alkyl halides is 3. The number of halogens is 5. The Morgan fingerprint density at radius 2 is 1.85 bits per heavy atom. The van der Waals surface area contributed by atoms with Gasteiger partial charge in [0.2, 0.25) is 0 Å². The van der Waals surface area contributed by atoms with E-state index in [0.29, 0.717) is 23.5 Å². The number of benzene rings is 1. The van der Waals surface area contributed by atoms with Crippen LogP contribution in [0.15, 0.2) is 53.6 Å². The van der Waals surface area contributed by atoms with Gasteiger partial charge in [0.15, 0.2) is 5.69 Å². The molecule has 1 heterocycles. The predicted molar refractivity (Wildman–Crippen MR) is 88.4 cm³/mol. The molecule has 1 aliphatic rings. The fourth-order valence-corrected chi connectivity index (χ4v) is 2.69. The molecule has 0 fully saturated rings. The Balaban J connectivity index is 1.73. The second-order valence-electron chi connectivity index (χ2n) is 5.96. The quantitative estimate of drug-likeness (QED) is 0.723. The smallest absolute Gasteiger partial charge is 0.381 e. The molecule has 0 bridgehead atoms. The Morgan fingerprint density at radius 1 is 1.15 bits per heavy atom. The number of nitrogens with zero attached hydrogens (tertiary/aromatic N) is 2. The van der Waals surface area contributed by atoms with Crippen LogP contribution in [0, 0.1) is 6.92 Å².